The van der Waals surface area contributed by atoms with Gasteiger partial charge in [-0.05, 0) is 12.8 Å². The van der Waals surface area contributed by atoms with Crippen molar-refractivity contribution in [2.45, 2.75) is 46.1 Å². The average Bonchev–Trinajstić information content (AvgIpc) is 2.25. The Balaban J connectivity index is 0. The minimum absolute atomic E-state index is 0.140. The monoisotopic (exact) mass is 218 g/mol. The highest BCUT2D eigenvalue weighted by molar-refractivity contribution is 5.78. The molecule has 5 heteroatoms. The Morgan fingerprint density at radius 2 is 1.93 bits per heavy atom. The van der Waals surface area contributed by atoms with Crippen LogP contribution in [0.1, 0.15) is 40.0 Å². The third kappa shape index (κ3) is 10.8. The lowest BCUT2D eigenvalue weighted by molar-refractivity contribution is -0.138. The van der Waals surface area contributed by atoms with Crippen LogP contribution in [-0.4, -0.2) is 29.6 Å². The summed E-state index contributed by atoms with van der Waals surface area (Å²) >= 11 is 0. The Hall–Kier alpha value is -1.10. The number of hydrogen-bond acceptors (Lipinski definition) is 3. The van der Waals surface area contributed by atoms with E-state index >= 15 is 0 Å². The summed E-state index contributed by atoms with van der Waals surface area (Å²) < 4.78 is 0. The summed E-state index contributed by atoms with van der Waals surface area (Å²) in [6.45, 7) is 6.57. The van der Waals surface area contributed by atoms with Gasteiger partial charge < -0.3 is 16.2 Å². The lowest BCUT2D eigenvalue weighted by atomic mass is 10.1. The molecule has 0 aromatic rings. The smallest absolute Gasteiger partial charge is 0.320 e. The van der Waals surface area contributed by atoms with Crippen molar-refractivity contribution in [2.75, 3.05) is 6.54 Å². The van der Waals surface area contributed by atoms with E-state index < -0.39 is 12.0 Å². The van der Waals surface area contributed by atoms with Crippen LogP contribution in [0.4, 0.5) is 0 Å². The average molecular weight is 218 g/mol. The lowest BCUT2D eigenvalue weighted by Crippen LogP contribution is -2.32. The van der Waals surface area contributed by atoms with E-state index in [1.54, 1.807) is 0 Å². The molecule has 0 aliphatic rings. The summed E-state index contributed by atoms with van der Waals surface area (Å²) in [5, 5.41) is 11.1. The summed E-state index contributed by atoms with van der Waals surface area (Å²) in [6, 6.07) is -0.938. The molecule has 0 aliphatic heterocycles. The van der Waals surface area contributed by atoms with Crippen molar-refractivity contribution >= 4 is 11.9 Å². The van der Waals surface area contributed by atoms with Crippen molar-refractivity contribution in [3.05, 3.63) is 0 Å². The van der Waals surface area contributed by atoms with Crippen LogP contribution >= 0.6 is 0 Å². The van der Waals surface area contributed by atoms with Crippen LogP contribution in [0, 0.1) is 0 Å². The molecule has 0 saturated heterocycles. The van der Waals surface area contributed by atoms with Gasteiger partial charge in [0.2, 0.25) is 5.91 Å². The van der Waals surface area contributed by atoms with Gasteiger partial charge in [0.05, 0.1) is 0 Å². The van der Waals surface area contributed by atoms with Crippen LogP contribution in [0.15, 0.2) is 0 Å². The van der Waals surface area contributed by atoms with Crippen LogP contribution in [0.3, 0.4) is 0 Å². The molecule has 90 valence electrons. The fourth-order valence-corrected chi connectivity index (χ4v) is 0.763. The molecule has 0 spiro atoms. The number of carbonyl (C=O) groups is 2. The number of nitrogens with one attached hydrogen (secondary N) is 1. The van der Waals surface area contributed by atoms with Gasteiger partial charge in [-0.25, -0.2) is 0 Å². The standard InChI is InChI=1S/C8H16N2O3.C2H6/c1-2-5-10-7(11)4-3-6(9)8(12)13;1-2/h6H,2-5,9H2,1H3,(H,10,11)(H,12,13);1-2H3/t6-;/m0./s1. The van der Waals surface area contributed by atoms with Crippen molar-refractivity contribution < 1.29 is 14.7 Å². The Morgan fingerprint density at radius 1 is 1.40 bits per heavy atom. The van der Waals surface area contributed by atoms with Crippen LogP contribution in [-0.2, 0) is 9.59 Å². The first-order valence-corrected chi connectivity index (χ1v) is 5.33. The maximum atomic E-state index is 11.0. The zero-order valence-electron chi connectivity index (χ0n) is 9.75. The van der Waals surface area contributed by atoms with Crippen molar-refractivity contribution in [1.29, 1.82) is 0 Å². The minimum atomic E-state index is -1.07. The molecule has 0 saturated carbocycles. The molecule has 0 rings (SSSR count). The van der Waals surface area contributed by atoms with Crippen molar-refractivity contribution in [3.8, 4) is 0 Å². The highest BCUT2D eigenvalue weighted by Gasteiger charge is 2.12. The minimum Gasteiger partial charge on any atom is -0.480 e. The molecule has 1 atom stereocenters. The van der Waals surface area contributed by atoms with E-state index in [0.29, 0.717) is 6.54 Å². The van der Waals surface area contributed by atoms with Crippen LogP contribution in [0.2, 0.25) is 0 Å². The van der Waals surface area contributed by atoms with E-state index in [0.717, 1.165) is 6.42 Å². The fourth-order valence-electron chi connectivity index (χ4n) is 0.763. The number of carbonyl (C=O) groups excluding carboxylic acids is 1. The molecule has 5 nitrogen and oxygen atoms in total. The largest absolute Gasteiger partial charge is 0.480 e. The number of nitrogens with two attached hydrogens (primary N) is 1. The normalized spacial score (nSPS) is 10.9. The van der Waals surface area contributed by atoms with E-state index in [1.807, 2.05) is 20.8 Å². The number of amides is 1. The van der Waals surface area contributed by atoms with E-state index in [-0.39, 0.29) is 18.7 Å². The van der Waals surface area contributed by atoms with Gasteiger partial charge in [-0.15, -0.1) is 0 Å². The summed E-state index contributed by atoms with van der Waals surface area (Å²) in [7, 11) is 0. The van der Waals surface area contributed by atoms with Gasteiger partial charge in [-0.2, -0.15) is 0 Å². The lowest BCUT2D eigenvalue weighted by Gasteiger charge is -2.06. The molecule has 0 aliphatic carbocycles. The Morgan fingerprint density at radius 3 is 2.33 bits per heavy atom. The van der Waals surface area contributed by atoms with Gasteiger partial charge in [0.1, 0.15) is 6.04 Å². The predicted octanol–water partition coefficient (Wildman–Crippen LogP) is 0.731. The van der Waals surface area contributed by atoms with E-state index in [1.165, 1.54) is 0 Å². The molecule has 0 radical (unpaired) electrons. The third-order valence-corrected chi connectivity index (χ3v) is 1.57. The maximum absolute atomic E-state index is 11.0. The van der Waals surface area contributed by atoms with Crippen LogP contribution < -0.4 is 11.1 Å². The molecule has 0 aromatic carbocycles. The first kappa shape index (κ1) is 16.3. The van der Waals surface area contributed by atoms with Gasteiger partial charge in [0, 0.05) is 13.0 Å². The number of hydrogen-bond donors (Lipinski definition) is 3. The molecule has 15 heavy (non-hydrogen) atoms. The SMILES string of the molecule is CC.CCCNC(=O)CC[C@H](N)C(=O)O. The molecule has 0 fully saturated rings. The second-order valence-electron chi connectivity index (χ2n) is 2.83. The van der Waals surface area contributed by atoms with E-state index in [2.05, 4.69) is 5.32 Å². The Kier molecular flexibility index (Phi) is 12.0. The van der Waals surface area contributed by atoms with E-state index in [4.69, 9.17) is 10.8 Å². The maximum Gasteiger partial charge on any atom is 0.320 e. The summed E-state index contributed by atoms with van der Waals surface area (Å²) in [6.07, 6.45) is 1.23. The van der Waals surface area contributed by atoms with Gasteiger partial charge in [0.15, 0.2) is 0 Å². The van der Waals surface area contributed by atoms with Gasteiger partial charge in [0.25, 0.3) is 0 Å². The Bertz CT molecular complexity index is 184. The third-order valence-electron chi connectivity index (χ3n) is 1.57. The fraction of sp³-hybridized carbons (Fsp3) is 0.800. The van der Waals surface area contributed by atoms with Crippen molar-refractivity contribution in [3.63, 3.8) is 0 Å². The molecule has 0 heterocycles. The molecule has 0 bridgehead atoms. The predicted molar refractivity (Wildman–Crippen MR) is 59.5 cm³/mol. The van der Waals surface area contributed by atoms with Crippen LogP contribution in [0.5, 0.6) is 0 Å². The summed E-state index contributed by atoms with van der Waals surface area (Å²) in [5.74, 6) is -1.21. The molecule has 4 N–H and O–H groups in total. The zero-order valence-corrected chi connectivity index (χ0v) is 9.75. The Labute approximate surface area is 91.0 Å². The van der Waals surface area contributed by atoms with Crippen molar-refractivity contribution in [2.24, 2.45) is 5.73 Å². The second-order valence-corrected chi connectivity index (χ2v) is 2.83. The topological polar surface area (TPSA) is 92.4 Å². The zero-order chi connectivity index (χ0) is 12.3. The highest BCUT2D eigenvalue weighted by Crippen LogP contribution is 1.94. The number of rotatable bonds is 6. The van der Waals surface area contributed by atoms with E-state index in [9.17, 15) is 9.59 Å². The number of carboxylic acids is 1. The van der Waals surface area contributed by atoms with Crippen molar-refractivity contribution in [1.82, 2.24) is 5.32 Å². The highest BCUT2D eigenvalue weighted by atomic mass is 16.4. The molecular weight excluding hydrogens is 196 g/mol. The first-order chi connectivity index (χ1) is 7.07. The first-order valence-electron chi connectivity index (χ1n) is 5.33. The van der Waals surface area contributed by atoms with Gasteiger partial charge >= 0.3 is 5.97 Å². The molecule has 0 aromatic heterocycles. The molecular formula is C10H22N2O3. The quantitative estimate of drug-likeness (QED) is 0.612. The summed E-state index contributed by atoms with van der Waals surface area (Å²) in [5.41, 5.74) is 5.21. The van der Waals surface area contributed by atoms with Gasteiger partial charge in [-0.1, -0.05) is 20.8 Å². The molecule has 1 amide bonds. The number of carboxylic acid groups (broad SMARTS) is 1. The van der Waals surface area contributed by atoms with Gasteiger partial charge in [-0.3, -0.25) is 9.59 Å². The molecule has 0 unspecified atom stereocenters. The van der Waals surface area contributed by atoms with Crippen LogP contribution in [0.25, 0.3) is 0 Å². The second kappa shape index (κ2) is 11.0. The number of aliphatic carboxylic acids is 1. The summed E-state index contributed by atoms with van der Waals surface area (Å²) in [4.78, 5) is 21.2.